The van der Waals surface area contributed by atoms with Crippen molar-refractivity contribution >= 4 is 24.2 Å². The number of carbonyl (C=O) groups excluding carboxylic acids is 2. The van der Waals surface area contributed by atoms with E-state index in [1.54, 1.807) is 4.90 Å². The monoisotopic (exact) mass is 277 g/mol. The van der Waals surface area contributed by atoms with E-state index < -0.39 is 0 Å². The van der Waals surface area contributed by atoms with Gasteiger partial charge in [-0.25, -0.2) is 0 Å². The molecule has 1 aliphatic rings. The minimum Gasteiger partial charge on any atom is -0.347 e. The Morgan fingerprint density at radius 2 is 2.00 bits per heavy atom. The topological polar surface area (TPSA) is 75.4 Å². The zero-order chi connectivity index (χ0) is 13.1. The molecular weight excluding hydrogens is 254 g/mol. The van der Waals surface area contributed by atoms with Crippen LogP contribution < -0.4 is 11.1 Å². The maximum atomic E-state index is 11.7. The molecule has 0 radical (unpaired) electrons. The molecule has 1 atom stereocenters. The average molecular weight is 278 g/mol. The third kappa shape index (κ3) is 6.21. The van der Waals surface area contributed by atoms with Gasteiger partial charge in [-0.1, -0.05) is 20.8 Å². The molecule has 0 unspecified atom stereocenters. The second-order valence-corrected chi connectivity index (χ2v) is 5.90. The van der Waals surface area contributed by atoms with Gasteiger partial charge in [-0.2, -0.15) is 0 Å². The number of nitrogens with zero attached hydrogens (tertiary/aromatic N) is 1. The first-order valence-electron chi connectivity index (χ1n) is 6.08. The van der Waals surface area contributed by atoms with E-state index in [1.807, 2.05) is 20.8 Å². The number of amides is 2. The van der Waals surface area contributed by atoms with Gasteiger partial charge in [-0.05, 0) is 11.8 Å². The molecule has 18 heavy (non-hydrogen) atoms. The van der Waals surface area contributed by atoms with Crippen molar-refractivity contribution in [2.45, 2.75) is 39.7 Å². The summed E-state index contributed by atoms with van der Waals surface area (Å²) in [5, 5.41) is 2.66. The van der Waals surface area contributed by atoms with Crippen LogP contribution in [0.4, 0.5) is 0 Å². The Kier molecular flexibility index (Phi) is 6.63. The van der Waals surface area contributed by atoms with Crippen LogP contribution in [0.2, 0.25) is 0 Å². The Labute approximate surface area is 115 Å². The van der Waals surface area contributed by atoms with Gasteiger partial charge in [0.05, 0.1) is 6.54 Å². The summed E-state index contributed by atoms with van der Waals surface area (Å²) in [6.07, 6.45) is 1.28. The largest absolute Gasteiger partial charge is 0.347 e. The minimum absolute atomic E-state index is 0. The summed E-state index contributed by atoms with van der Waals surface area (Å²) in [7, 11) is 0. The minimum atomic E-state index is -0.0747. The summed E-state index contributed by atoms with van der Waals surface area (Å²) >= 11 is 0. The van der Waals surface area contributed by atoms with E-state index in [9.17, 15) is 9.59 Å². The van der Waals surface area contributed by atoms with Crippen molar-refractivity contribution in [2.75, 3.05) is 19.6 Å². The standard InChI is InChI=1S/C12H23N3O2.ClH/c1-12(2,3)6-10(16)14-7-11(17)15-5-4-9(13)8-15;/h9H,4-8,13H2,1-3H3,(H,14,16);1H/t9-;/m1./s1. The Bertz CT molecular complexity index is 302. The van der Waals surface area contributed by atoms with Gasteiger partial charge >= 0.3 is 0 Å². The summed E-state index contributed by atoms with van der Waals surface area (Å²) < 4.78 is 0. The number of nitrogens with two attached hydrogens (primary N) is 1. The number of halogens is 1. The van der Waals surface area contributed by atoms with Crippen molar-refractivity contribution in [1.82, 2.24) is 10.2 Å². The average Bonchev–Trinajstić information content (AvgIpc) is 2.58. The van der Waals surface area contributed by atoms with Gasteiger partial charge in [0.2, 0.25) is 11.8 Å². The van der Waals surface area contributed by atoms with Crippen LogP contribution in [0.25, 0.3) is 0 Å². The van der Waals surface area contributed by atoms with Crippen LogP contribution in [0, 0.1) is 5.41 Å². The van der Waals surface area contributed by atoms with Crippen molar-refractivity contribution in [3.05, 3.63) is 0 Å². The molecule has 1 fully saturated rings. The lowest BCUT2D eigenvalue weighted by atomic mass is 9.92. The van der Waals surface area contributed by atoms with E-state index in [4.69, 9.17) is 5.73 Å². The molecule has 6 heteroatoms. The Morgan fingerprint density at radius 1 is 1.39 bits per heavy atom. The lowest BCUT2D eigenvalue weighted by Gasteiger charge is -2.19. The lowest BCUT2D eigenvalue weighted by molar-refractivity contribution is -0.132. The fraction of sp³-hybridized carbons (Fsp3) is 0.833. The Balaban J connectivity index is 0.00000289. The Morgan fingerprint density at radius 3 is 2.44 bits per heavy atom. The maximum Gasteiger partial charge on any atom is 0.242 e. The van der Waals surface area contributed by atoms with Crippen LogP contribution in [0.15, 0.2) is 0 Å². The zero-order valence-corrected chi connectivity index (χ0v) is 12.2. The highest BCUT2D eigenvalue weighted by Gasteiger charge is 2.24. The molecule has 0 bridgehead atoms. The molecule has 0 aromatic carbocycles. The molecule has 1 saturated heterocycles. The predicted octanol–water partition coefficient (Wildman–Crippen LogP) is 0.520. The fourth-order valence-corrected chi connectivity index (χ4v) is 1.84. The van der Waals surface area contributed by atoms with E-state index in [0.29, 0.717) is 19.5 Å². The molecule has 106 valence electrons. The first-order chi connectivity index (χ1) is 7.78. The molecule has 0 aromatic heterocycles. The lowest BCUT2D eigenvalue weighted by Crippen LogP contribution is -2.40. The van der Waals surface area contributed by atoms with E-state index in [1.165, 1.54) is 0 Å². The predicted molar refractivity (Wildman–Crippen MR) is 73.5 cm³/mol. The molecule has 0 saturated carbocycles. The molecule has 5 nitrogen and oxygen atoms in total. The van der Waals surface area contributed by atoms with E-state index in [-0.39, 0.29) is 42.2 Å². The van der Waals surface area contributed by atoms with Crippen molar-refractivity contribution in [2.24, 2.45) is 11.1 Å². The highest BCUT2D eigenvalue weighted by molar-refractivity contribution is 5.85. The molecule has 3 N–H and O–H groups in total. The third-order valence-electron chi connectivity index (χ3n) is 2.71. The van der Waals surface area contributed by atoms with Crippen molar-refractivity contribution in [3.8, 4) is 0 Å². The normalized spacial score (nSPS) is 19.3. The smallest absolute Gasteiger partial charge is 0.242 e. The van der Waals surface area contributed by atoms with Crippen molar-refractivity contribution in [1.29, 1.82) is 0 Å². The number of carbonyl (C=O) groups is 2. The molecule has 1 rings (SSSR count). The first-order valence-corrected chi connectivity index (χ1v) is 6.08. The quantitative estimate of drug-likeness (QED) is 0.790. The SMILES string of the molecule is CC(C)(C)CC(=O)NCC(=O)N1CC[C@@H](N)C1.Cl. The van der Waals surface area contributed by atoms with Gasteiger partial charge < -0.3 is 16.0 Å². The van der Waals surface area contributed by atoms with Crippen LogP contribution in [-0.2, 0) is 9.59 Å². The second kappa shape index (κ2) is 6.95. The van der Waals surface area contributed by atoms with Gasteiger partial charge in [-0.15, -0.1) is 12.4 Å². The van der Waals surface area contributed by atoms with Gasteiger partial charge in [0.15, 0.2) is 0 Å². The second-order valence-electron chi connectivity index (χ2n) is 5.90. The van der Waals surface area contributed by atoms with Gasteiger partial charge in [0.25, 0.3) is 0 Å². The van der Waals surface area contributed by atoms with Crippen LogP contribution in [0.5, 0.6) is 0 Å². The Hall–Kier alpha value is -0.810. The zero-order valence-electron chi connectivity index (χ0n) is 11.4. The summed E-state index contributed by atoms with van der Waals surface area (Å²) in [6.45, 7) is 7.38. The van der Waals surface area contributed by atoms with Crippen LogP contribution >= 0.6 is 12.4 Å². The number of rotatable bonds is 3. The maximum absolute atomic E-state index is 11.7. The van der Waals surface area contributed by atoms with Crippen LogP contribution in [0.1, 0.15) is 33.6 Å². The number of likely N-dealkylation sites (tertiary alicyclic amines) is 1. The molecule has 0 aliphatic carbocycles. The van der Waals surface area contributed by atoms with Crippen molar-refractivity contribution in [3.63, 3.8) is 0 Å². The van der Waals surface area contributed by atoms with E-state index in [0.717, 1.165) is 6.42 Å². The molecule has 1 heterocycles. The number of nitrogens with one attached hydrogen (secondary N) is 1. The van der Waals surface area contributed by atoms with E-state index >= 15 is 0 Å². The van der Waals surface area contributed by atoms with Gasteiger partial charge in [0, 0.05) is 25.6 Å². The fourth-order valence-electron chi connectivity index (χ4n) is 1.84. The summed E-state index contributed by atoms with van der Waals surface area (Å²) in [5.74, 6) is -0.116. The highest BCUT2D eigenvalue weighted by Crippen LogP contribution is 2.17. The van der Waals surface area contributed by atoms with E-state index in [2.05, 4.69) is 5.32 Å². The molecular formula is C12H24ClN3O2. The summed E-state index contributed by atoms with van der Waals surface area (Å²) in [4.78, 5) is 25.0. The van der Waals surface area contributed by atoms with Crippen molar-refractivity contribution < 1.29 is 9.59 Å². The molecule has 0 aromatic rings. The molecule has 1 aliphatic heterocycles. The van der Waals surface area contributed by atoms with Crippen LogP contribution in [-0.4, -0.2) is 42.4 Å². The summed E-state index contributed by atoms with van der Waals surface area (Å²) in [6, 6.07) is 0.0872. The van der Waals surface area contributed by atoms with Gasteiger partial charge in [-0.3, -0.25) is 9.59 Å². The number of hydrogen-bond acceptors (Lipinski definition) is 3. The molecule has 2 amide bonds. The number of hydrogen-bond donors (Lipinski definition) is 2. The van der Waals surface area contributed by atoms with Crippen LogP contribution in [0.3, 0.4) is 0 Å². The third-order valence-corrected chi connectivity index (χ3v) is 2.71. The van der Waals surface area contributed by atoms with Gasteiger partial charge in [0.1, 0.15) is 0 Å². The summed E-state index contributed by atoms with van der Waals surface area (Å²) in [5.41, 5.74) is 5.67. The highest BCUT2D eigenvalue weighted by atomic mass is 35.5. The molecule has 0 spiro atoms. The first kappa shape index (κ1) is 17.2.